The van der Waals surface area contributed by atoms with Crippen molar-refractivity contribution in [3.8, 4) is 6.07 Å². The summed E-state index contributed by atoms with van der Waals surface area (Å²) >= 11 is 5.89. The van der Waals surface area contributed by atoms with Crippen LogP contribution in [-0.2, 0) is 9.53 Å². The fourth-order valence-electron chi connectivity index (χ4n) is 1.89. The smallest absolute Gasteiger partial charge is 0.338 e. The zero-order valence-electron chi connectivity index (χ0n) is 12.5. The Balaban J connectivity index is 2.61. The molecule has 0 aliphatic rings. The van der Waals surface area contributed by atoms with Crippen LogP contribution in [0.15, 0.2) is 66.7 Å². The van der Waals surface area contributed by atoms with Crippen LogP contribution in [0.1, 0.15) is 18.1 Å². The maximum atomic E-state index is 11.9. The van der Waals surface area contributed by atoms with E-state index >= 15 is 0 Å². The van der Waals surface area contributed by atoms with E-state index in [1.807, 2.05) is 6.07 Å². The van der Waals surface area contributed by atoms with Gasteiger partial charge in [-0.2, -0.15) is 5.26 Å². The minimum absolute atomic E-state index is 0.198. The molecule has 0 aliphatic carbocycles. The second kappa shape index (κ2) is 7.44. The first-order chi connectivity index (χ1) is 11.0. The maximum absolute atomic E-state index is 11.9. The van der Waals surface area contributed by atoms with Gasteiger partial charge in [0.2, 0.25) is 0 Å². The van der Waals surface area contributed by atoms with Crippen LogP contribution in [0.25, 0.3) is 11.3 Å². The molecule has 23 heavy (non-hydrogen) atoms. The molecule has 0 aromatic heterocycles. The number of carbonyl (C=O) groups excluding carboxylic acids is 1. The fraction of sp³-hybridized carbons (Fsp3) is 0.0526. The van der Waals surface area contributed by atoms with E-state index in [2.05, 4.69) is 12.6 Å². The Labute approximate surface area is 140 Å². The SMILES string of the molecule is C=C(C)C(=O)O/C(=C(\C#N)c1ccc(Cl)cc1)c1ccccc1. The molecular formula is C19H14ClNO2. The van der Waals surface area contributed by atoms with Crippen molar-refractivity contribution < 1.29 is 9.53 Å². The summed E-state index contributed by atoms with van der Waals surface area (Å²) in [5, 5.41) is 10.1. The molecule has 0 heterocycles. The lowest BCUT2D eigenvalue weighted by molar-refractivity contribution is -0.132. The molecule has 2 aromatic rings. The van der Waals surface area contributed by atoms with Gasteiger partial charge in [0.25, 0.3) is 0 Å². The Bertz CT molecular complexity index is 800. The predicted octanol–water partition coefficient (Wildman–Crippen LogP) is 4.85. The van der Waals surface area contributed by atoms with Crippen LogP contribution < -0.4 is 0 Å². The third-order valence-electron chi connectivity index (χ3n) is 3.05. The molecule has 0 saturated carbocycles. The second-order valence-electron chi connectivity index (χ2n) is 4.86. The van der Waals surface area contributed by atoms with Gasteiger partial charge >= 0.3 is 5.97 Å². The van der Waals surface area contributed by atoms with E-state index in [0.717, 1.165) is 0 Å². The topological polar surface area (TPSA) is 50.1 Å². The van der Waals surface area contributed by atoms with Crippen LogP contribution >= 0.6 is 11.6 Å². The van der Waals surface area contributed by atoms with Gasteiger partial charge in [-0.15, -0.1) is 0 Å². The minimum Gasteiger partial charge on any atom is -0.421 e. The van der Waals surface area contributed by atoms with E-state index in [4.69, 9.17) is 16.3 Å². The molecular weight excluding hydrogens is 310 g/mol. The number of esters is 1. The van der Waals surface area contributed by atoms with Crippen LogP contribution in [0.5, 0.6) is 0 Å². The molecule has 0 N–H and O–H groups in total. The summed E-state index contributed by atoms with van der Waals surface area (Å²) in [4.78, 5) is 11.9. The highest BCUT2D eigenvalue weighted by atomic mass is 35.5. The highest BCUT2D eigenvalue weighted by Crippen LogP contribution is 2.28. The lowest BCUT2D eigenvalue weighted by atomic mass is 10.0. The largest absolute Gasteiger partial charge is 0.421 e. The normalized spacial score (nSPS) is 11.2. The van der Waals surface area contributed by atoms with E-state index in [-0.39, 0.29) is 16.9 Å². The number of allylic oxidation sites excluding steroid dienone is 1. The summed E-state index contributed by atoms with van der Waals surface area (Å²) in [6.45, 7) is 5.13. The number of hydrogen-bond donors (Lipinski definition) is 0. The van der Waals surface area contributed by atoms with Crippen LogP contribution in [0.2, 0.25) is 5.02 Å². The number of nitrogens with zero attached hydrogens (tertiary/aromatic N) is 1. The molecule has 0 fully saturated rings. The van der Waals surface area contributed by atoms with Crippen LogP contribution in [0, 0.1) is 11.3 Å². The quantitative estimate of drug-likeness (QED) is 0.266. The average Bonchev–Trinajstić information content (AvgIpc) is 2.56. The molecule has 0 saturated heterocycles. The third-order valence-corrected chi connectivity index (χ3v) is 3.30. The number of rotatable bonds is 4. The van der Waals surface area contributed by atoms with Crippen LogP contribution in [0.3, 0.4) is 0 Å². The Morgan fingerprint density at radius 3 is 2.22 bits per heavy atom. The number of nitriles is 1. The molecule has 0 spiro atoms. The molecule has 3 nitrogen and oxygen atoms in total. The number of carbonyl (C=O) groups is 1. The van der Waals surface area contributed by atoms with Crippen molar-refractivity contribution in [3.05, 3.63) is 82.9 Å². The monoisotopic (exact) mass is 323 g/mol. The van der Waals surface area contributed by atoms with Crippen molar-refractivity contribution in [2.75, 3.05) is 0 Å². The molecule has 0 aliphatic heterocycles. The minimum atomic E-state index is -0.578. The average molecular weight is 324 g/mol. The fourth-order valence-corrected chi connectivity index (χ4v) is 2.01. The maximum Gasteiger partial charge on any atom is 0.338 e. The van der Waals surface area contributed by atoms with Gasteiger partial charge in [0.05, 0.1) is 0 Å². The van der Waals surface area contributed by atoms with Crippen molar-refractivity contribution in [1.82, 2.24) is 0 Å². The Morgan fingerprint density at radius 1 is 1.09 bits per heavy atom. The van der Waals surface area contributed by atoms with Gasteiger partial charge in [-0.3, -0.25) is 0 Å². The lowest BCUT2D eigenvalue weighted by Gasteiger charge is -2.12. The van der Waals surface area contributed by atoms with E-state index in [1.54, 1.807) is 55.5 Å². The number of hydrogen-bond acceptors (Lipinski definition) is 3. The molecule has 0 amide bonds. The first-order valence-electron chi connectivity index (χ1n) is 6.86. The van der Waals surface area contributed by atoms with Crippen LogP contribution in [-0.4, -0.2) is 5.97 Å². The lowest BCUT2D eigenvalue weighted by Crippen LogP contribution is -2.06. The van der Waals surface area contributed by atoms with Gasteiger partial charge in [-0.25, -0.2) is 4.79 Å². The van der Waals surface area contributed by atoms with E-state index < -0.39 is 5.97 Å². The number of ether oxygens (including phenoxy) is 1. The third kappa shape index (κ3) is 4.09. The zero-order chi connectivity index (χ0) is 16.8. The Morgan fingerprint density at radius 2 is 1.70 bits per heavy atom. The van der Waals surface area contributed by atoms with Gasteiger partial charge in [-0.05, 0) is 24.6 Å². The summed E-state index contributed by atoms with van der Waals surface area (Å²) in [6.07, 6.45) is 0. The first-order valence-corrected chi connectivity index (χ1v) is 7.24. The van der Waals surface area contributed by atoms with E-state index in [1.165, 1.54) is 0 Å². The first kappa shape index (κ1) is 16.5. The molecule has 0 bridgehead atoms. The van der Waals surface area contributed by atoms with Crippen molar-refractivity contribution in [3.63, 3.8) is 0 Å². The standard InChI is InChI=1S/C19H14ClNO2/c1-13(2)19(22)23-18(15-6-4-3-5-7-15)17(12-21)14-8-10-16(20)11-9-14/h3-11H,1H2,2H3/b18-17+. The molecule has 0 atom stereocenters. The van der Waals surface area contributed by atoms with Crippen molar-refractivity contribution >= 4 is 28.9 Å². The summed E-state index contributed by atoms with van der Waals surface area (Å²) in [7, 11) is 0. The van der Waals surface area contributed by atoms with Crippen molar-refractivity contribution in [2.24, 2.45) is 0 Å². The Kier molecular flexibility index (Phi) is 5.35. The van der Waals surface area contributed by atoms with E-state index in [0.29, 0.717) is 16.1 Å². The summed E-state index contributed by atoms with van der Waals surface area (Å²) in [6, 6.07) is 17.9. The summed E-state index contributed by atoms with van der Waals surface area (Å²) in [5.74, 6) is -0.381. The molecule has 0 unspecified atom stereocenters. The van der Waals surface area contributed by atoms with Crippen molar-refractivity contribution in [1.29, 1.82) is 5.26 Å². The Hall–Kier alpha value is -2.83. The van der Waals surface area contributed by atoms with Gasteiger partial charge in [0.15, 0.2) is 5.76 Å². The summed E-state index contributed by atoms with van der Waals surface area (Å²) in [5.41, 5.74) is 1.76. The van der Waals surface area contributed by atoms with Gasteiger partial charge in [0, 0.05) is 16.2 Å². The number of benzene rings is 2. The van der Waals surface area contributed by atoms with Gasteiger partial charge < -0.3 is 4.74 Å². The molecule has 0 radical (unpaired) electrons. The second-order valence-corrected chi connectivity index (χ2v) is 5.30. The molecule has 2 aromatic carbocycles. The van der Waals surface area contributed by atoms with Gasteiger partial charge in [-0.1, -0.05) is 60.6 Å². The summed E-state index contributed by atoms with van der Waals surface area (Å²) < 4.78 is 5.42. The molecule has 114 valence electrons. The van der Waals surface area contributed by atoms with Crippen LogP contribution in [0.4, 0.5) is 0 Å². The van der Waals surface area contributed by atoms with Gasteiger partial charge in [0.1, 0.15) is 11.6 Å². The molecule has 2 rings (SSSR count). The zero-order valence-corrected chi connectivity index (χ0v) is 13.3. The van der Waals surface area contributed by atoms with Crippen molar-refractivity contribution in [2.45, 2.75) is 6.92 Å². The molecule has 4 heteroatoms. The highest BCUT2D eigenvalue weighted by Gasteiger charge is 2.17. The number of halogens is 1. The predicted molar refractivity (Wildman–Crippen MR) is 91.2 cm³/mol. The van der Waals surface area contributed by atoms with E-state index in [9.17, 15) is 10.1 Å². The highest BCUT2D eigenvalue weighted by molar-refractivity contribution is 6.30.